The van der Waals surface area contributed by atoms with Gasteiger partial charge < -0.3 is 14.6 Å². The Hall–Kier alpha value is -4.19. The van der Waals surface area contributed by atoms with Crippen molar-refractivity contribution in [1.29, 1.82) is 0 Å². The summed E-state index contributed by atoms with van der Waals surface area (Å²) in [6.07, 6.45) is 4.74. The van der Waals surface area contributed by atoms with Gasteiger partial charge in [0.1, 0.15) is 11.6 Å². The third-order valence-electron chi connectivity index (χ3n) is 5.83. The molecule has 0 bridgehead atoms. The summed E-state index contributed by atoms with van der Waals surface area (Å²) in [7, 11) is 0. The van der Waals surface area contributed by atoms with E-state index in [0.29, 0.717) is 25.1 Å². The van der Waals surface area contributed by atoms with E-state index in [9.17, 15) is 4.79 Å². The number of aromatic nitrogens is 3. The number of nitrogens with one attached hydrogen (secondary N) is 1. The van der Waals surface area contributed by atoms with Crippen molar-refractivity contribution in [2.24, 2.45) is 0 Å². The van der Waals surface area contributed by atoms with Crippen LogP contribution in [0.15, 0.2) is 91.3 Å². The van der Waals surface area contributed by atoms with Gasteiger partial charge in [-0.2, -0.15) is 0 Å². The maximum atomic E-state index is 12.3. The number of imidazole rings is 1. The Morgan fingerprint density at radius 2 is 1.71 bits per heavy atom. The molecule has 0 atom stereocenters. The minimum absolute atomic E-state index is 0.103. The monoisotopic (exact) mass is 450 g/mol. The van der Waals surface area contributed by atoms with Crippen LogP contribution in [0.25, 0.3) is 21.8 Å². The molecule has 0 spiro atoms. The number of hydrogen-bond donors (Lipinski definition) is 1. The van der Waals surface area contributed by atoms with E-state index in [-0.39, 0.29) is 5.91 Å². The van der Waals surface area contributed by atoms with Gasteiger partial charge >= 0.3 is 0 Å². The first-order chi connectivity index (χ1) is 16.8. The lowest BCUT2D eigenvalue weighted by Gasteiger charge is -2.11. The van der Waals surface area contributed by atoms with E-state index in [0.717, 1.165) is 35.6 Å². The Labute approximate surface area is 198 Å². The van der Waals surface area contributed by atoms with Crippen molar-refractivity contribution in [1.82, 2.24) is 19.9 Å². The lowest BCUT2D eigenvalue weighted by molar-refractivity contribution is 0.0954. The van der Waals surface area contributed by atoms with Crippen LogP contribution < -0.4 is 10.1 Å². The highest BCUT2D eigenvalue weighted by Gasteiger charge is 2.11. The summed E-state index contributed by atoms with van der Waals surface area (Å²) in [5.41, 5.74) is 2.67. The molecule has 34 heavy (non-hydrogen) atoms. The van der Waals surface area contributed by atoms with Gasteiger partial charge in [-0.25, -0.2) is 4.98 Å². The number of para-hydroxylation sites is 2. The first-order valence-electron chi connectivity index (χ1n) is 11.5. The number of aryl methyl sites for hydroxylation is 1. The SMILES string of the molecule is O=C(NCCc1nc2ccccc2n1CCCOc1ccc2ccccc2c1)c1ccncc1. The molecular weight excluding hydrogens is 424 g/mol. The van der Waals surface area contributed by atoms with Gasteiger partial charge in [0.15, 0.2) is 0 Å². The van der Waals surface area contributed by atoms with Gasteiger partial charge in [0.25, 0.3) is 5.91 Å². The van der Waals surface area contributed by atoms with E-state index in [2.05, 4.69) is 45.2 Å². The quantitative estimate of drug-likeness (QED) is 0.320. The average molecular weight is 451 g/mol. The summed E-state index contributed by atoms with van der Waals surface area (Å²) in [6, 6.07) is 26.0. The molecule has 5 rings (SSSR count). The summed E-state index contributed by atoms with van der Waals surface area (Å²) in [5, 5.41) is 5.36. The Bertz CT molecular complexity index is 1410. The number of carbonyl (C=O) groups is 1. The lowest BCUT2D eigenvalue weighted by atomic mass is 10.1. The van der Waals surface area contributed by atoms with Crippen molar-refractivity contribution in [2.45, 2.75) is 19.4 Å². The number of carbonyl (C=O) groups excluding carboxylic acids is 1. The van der Waals surface area contributed by atoms with Gasteiger partial charge in [0.2, 0.25) is 0 Å². The van der Waals surface area contributed by atoms with E-state index in [1.54, 1.807) is 24.5 Å². The van der Waals surface area contributed by atoms with Crippen molar-refractivity contribution in [2.75, 3.05) is 13.2 Å². The van der Waals surface area contributed by atoms with Crippen LogP contribution in [0.5, 0.6) is 5.75 Å². The summed E-state index contributed by atoms with van der Waals surface area (Å²) in [4.78, 5) is 21.1. The van der Waals surface area contributed by atoms with Crippen molar-refractivity contribution in [3.05, 3.63) is 103 Å². The number of hydrogen-bond acceptors (Lipinski definition) is 4. The van der Waals surface area contributed by atoms with E-state index < -0.39 is 0 Å². The van der Waals surface area contributed by atoms with Crippen LogP contribution in [0.4, 0.5) is 0 Å². The highest BCUT2D eigenvalue weighted by Crippen LogP contribution is 2.21. The normalized spacial score (nSPS) is 11.1. The van der Waals surface area contributed by atoms with E-state index >= 15 is 0 Å². The minimum atomic E-state index is -0.103. The predicted molar refractivity (Wildman–Crippen MR) is 134 cm³/mol. The zero-order chi connectivity index (χ0) is 23.2. The molecule has 6 heteroatoms. The van der Waals surface area contributed by atoms with Crippen LogP contribution >= 0.6 is 0 Å². The number of fused-ring (bicyclic) bond motifs is 2. The third-order valence-corrected chi connectivity index (χ3v) is 5.83. The first kappa shape index (κ1) is 21.6. The fraction of sp³-hybridized carbons (Fsp3) is 0.179. The second-order valence-electron chi connectivity index (χ2n) is 8.12. The van der Waals surface area contributed by atoms with Crippen LogP contribution in [0.3, 0.4) is 0 Å². The average Bonchev–Trinajstić information content (AvgIpc) is 3.24. The molecule has 1 amide bonds. The molecule has 0 radical (unpaired) electrons. The molecule has 5 aromatic rings. The van der Waals surface area contributed by atoms with Gasteiger partial charge in [-0.1, -0.05) is 42.5 Å². The Morgan fingerprint density at radius 1 is 0.912 bits per heavy atom. The third kappa shape index (κ3) is 4.91. The zero-order valence-corrected chi connectivity index (χ0v) is 18.9. The fourth-order valence-corrected chi connectivity index (χ4v) is 4.13. The van der Waals surface area contributed by atoms with Gasteiger partial charge in [-0.05, 0) is 53.6 Å². The topological polar surface area (TPSA) is 69.0 Å². The fourth-order valence-electron chi connectivity index (χ4n) is 4.13. The molecule has 0 saturated carbocycles. The van der Waals surface area contributed by atoms with Crippen LogP contribution in [-0.2, 0) is 13.0 Å². The van der Waals surface area contributed by atoms with Gasteiger partial charge in [-0.15, -0.1) is 0 Å². The van der Waals surface area contributed by atoms with Crippen molar-refractivity contribution in [3.8, 4) is 5.75 Å². The molecule has 0 unspecified atom stereocenters. The Morgan fingerprint density at radius 3 is 2.59 bits per heavy atom. The summed E-state index contributed by atoms with van der Waals surface area (Å²) >= 11 is 0. The highest BCUT2D eigenvalue weighted by molar-refractivity contribution is 5.94. The predicted octanol–water partition coefficient (Wildman–Crippen LogP) is 5.03. The second-order valence-corrected chi connectivity index (χ2v) is 8.12. The zero-order valence-electron chi connectivity index (χ0n) is 18.9. The molecule has 0 aliphatic heterocycles. The molecule has 170 valence electrons. The molecule has 0 fully saturated rings. The summed E-state index contributed by atoms with van der Waals surface area (Å²) in [5.74, 6) is 1.74. The van der Waals surface area contributed by atoms with Gasteiger partial charge in [0.05, 0.1) is 17.6 Å². The number of benzene rings is 3. The highest BCUT2D eigenvalue weighted by atomic mass is 16.5. The first-order valence-corrected chi connectivity index (χ1v) is 11.5. The number of nitrogens with zero attached hydrogens (tertiary/aromatic N) is 3. The molecule has 1 N–H and O–H groups in total. The maximum absolute atomic E-state index is 12.3. The lowest BCUT2D eigenvalue weighted by Crippen LogP contribution is -2.26. The van der Waals surface area contributed by atoms with E-state index in [1.807, 2.05) is 36.4 Å². The number of ether oxygens (including phenoxy) is 1. The van der Waals surface area contributed by atoms with Crippen LogP contribution in [0.2, 0.25) is 0 Å². The largest absolute Gasteiger partial charge is 0.494 e. The number of pyridine rings is 1. The van der Waals surface area contributed by atoms with Gasteiger partial charge in [-0.3, -0.25) is 9.78 Å². The van der Waals surface area contributed by atoms with Crippen LogP contribution in [-0.4, -0.2) is 33.6 Å². The number of rotatable bonds is 9. The van der Waals surface area contributed by atoms with Crippen molar-refractivity contribution in [3.63, 3.8) is 0 Å². The van der Waals surface area contributed by atoms with Crippen LogP contribution in [0.1, 0.15) is 22.6 Å². The molecule has 2 aromatic heterocycles. The number of amides is 1. The Kier molecular flexibility index (Phi) is 6.47. The molecule has 0 aliphatic rings. The summed E-state index contributed by atoms with van der Waals surface area (Å²) < 4.78 is 8.26. The van der Waals surface area contributed by atoms with E-state index in [4.69, 9.17) is 9.72 Å². The maximum Gasteiger partial charge on any atom is 0.251 e. The van der Waals surface area contributed by atoms with Crippen molar-refractivity contribution < 1.29 is 9.53 Å². The summed E-state index contributed by atoms with van der Waals surface area (Å²) in [6.45, 7) is 1.92. The molecule has 0 aliphatic carbocycles. The smallest absolute Gasteiger partial charge is 0.251 e. The standard InChI is InChI=1S/C28H26N4O2/c33-28(22-12-15-29-16-13-22)30-17-14-27-31-25-8-3-4-9-26(25)32(27)18-5-19-34-24-11-10-21-6-1-2-7-23(21)20-24/h1-4,6-13,15-16,20H,5,14,17-19H2,(H,30,33). The molecule has 2 heterocycles. The molecule has 6 nitrogen and oxygen atoms in total. The molecule has 0 saturated heterocycles. The van der Waals surface area contributed by atoms with Gasteiger partial charge in [0, 0.05) is 37.5 Å². The van der Waals surface area contributed by atoms with E-state index in [1.165, 1.54) is 10.8 Å². The van der Waals surface area contributed by atoms with Crippen LogP contribution in [0, 0.1) is 0 Å². The molecular formula is C28H26N4O2. The minimum Gasteiger partial charge on any atom is -0.494 e. The van der Waals surface area contributed by atoms with Crippen molar-refractivity contribution >= 4 is 27.7 Å². The second kappa shape index (κ2) is 10.2. The molecule has 3 aromatic carbocycles. The Balaban J connectivity index is 1.21.